The van der Waals surface area contributed by atoms with Crippen molar-refractivity contribution >= 4 is 17.7 Å². The number of rotatable bonds is 2. The molecule has 1 amide bonds. The summed E-state index contributed by atoms with van der Waals surface area (Å²) in [6.45, 7) is 5.95. The molecule has 164 valence electrons. The molecule has 5 heterocycles. The monoisotopic (exact) mass is 433 g/mol. The van der Waals surface area contributed by atoms with Crippen molar-refractivity contribution in [2.75, 3.05) is 29.9 Å². The number of nitrogens with zero attached hydrogens (tertiary/aromatic N) is 3. The summed E-state index contributed by atoms with van der Waals surface area (Å²) in [5.41, 5.74) is 0.250. The van der Waals surface area contributed by atoms with Crippen LogP contribution in [0.2, 0.25) is 0 Å². The molecular weight excluding hydrogens is 411 g/mol. The molecule has 2 saturated heterocycles. The number of pyridine rings is 2. The maximum absolute atomic E-state index is 13.8. The largest absolute Gasteiger partial charge is 0.441 e. The number of hydrogen-bond donors (Lipinski definition) is 2. The average molecular weight is 433 g/mol. The fourth-order valence-corrected chi connectivity index (χ4v) is 4.72. The summed E-state index contributed by atoms with van der Waals surface area (Å²) in [5, 5.41) is 5.91. The van der Waals surface area contributed by atoms with Gasteiger partial charge in [-0.1, -0.05) is 0 Å². The van der Waals surface area contributed by atoms with Crippen LogP contribution >= 0.6 is 0 Å². The Morgan fingerprint density at radius 3 is 2.81 bits per heavy atom. The van der Waals surface area contributed by atoms with Crippen molar-refractivity contribution in [3.63, 3.8) is 0 Å². The number of aromatic nitrogens is 2. The van der Waals surface area contributed by atoms with Crippen LogP contribution in [0.4, 0.5) is 29.6 Å². The Kier molecular flexibility index (Phi) is 4.40. The highest BCUT2D eigenvalue weighted by Crippen LogP contribution is 2.41. The van der Waals surface area contributed by atoms with Crippen molar-refractivity contribution in [1.29, 1.82) is 0 Å². The van der Waals surface area contributed by atoms with E-state index in [1.54, 1.807) is 13.0 Å². The predicted molar refractivity (Wildman–Crippen MR) is 108 cm³/mol. The summed E-state index contributed by atoms with van der Waals surface area (Å²) in [6.07, 6.45) is -3.49. The number of carbonyl (C=O) groups excluding carboxylic acids is 1. The second kappa shape index (κ2) is 6.81. The molecule has 31 heavy (non-hydrogen) atoms. The predicted octanol–water partition coefficient (Wildman–Crippen LogP) is 3.97. The van der Waals surface area contributed by atoms with E-state index in [1.165, 1.54) is 6.20 Å². The van der Waals surface area contributed by atoms with Crippen molar-refractivity contribution in [1.82, 2.24) is 15.3 Å². The van der Waals surface area contributed by atoms with Crippen molar-refractivity contribution in [3.05, 3.63) is 35.5 Å². The van der Waals surface area contributed by atoms with Gasteiger partial charge >= 0.3 is 12.3 Å². The number of hydrogen-bond acceptors (Lipinski definition) is 6. The summed E-state index contributed by atoms with van der Waals surface area (Å²) in [7, 11) is 0. The fraction of sp³-hybridized carbons (Fsp3) is 0.476. The van der Waals surface area contributed by atoms with E-state index >= 15 is 0 Å². The zero-order valence-corrected chi connectivity index (χ0v) is 17.1. The molecule has 0 aliphatic carbocycles. The van der Waals surface area contributed by atoms with Crippen LogP contribution in [0.1, 0.15) is 37.5 Å². The molecule has 2 aromatic rings. The lowest BCUT2D eigenvalue weighted by Gasteiger charge is -2.55. The van der Waals surface area contributed by atoms with Gasteiger partial charge in [0.1, 0.15) is 17.7 Å². The zero-order valence-electron chi connectivity index (χ0n) is 17.1. The molecule has 7 nitrogen and oxygen atoms in total. The van der Waals surface area contributed by atoms with Crippen molar-refractivity contribution in [3.8, 4) is 11.3 Å². The standard InChI is InChI=1S/C21H22F3N5O2/c1-11-17-14(3-5-25-18(17)28-19(30)31-11)15-7-13(21(22,23)24)8-16(27-15)29-6-4-12-9-26-20(12,2)10-29/h3,5,7-8,11-12,26H,4,6,9-10H2,1-2H3,(H,25,28,30)/t11-,12?,20+/m0/s1. The number of piperidine rings is 1. The Labute approximate surface area is 177 Å². The van der Waals surface area contributed by atoms with Gasteiger partial charge in [0.2, 0.25) is 0 Å². The number of amides is 1. The van der Waals surface area contributed by atoms with Crippen LogP contribution in [0, 0.1) is 5.92 Å². The summed E-state index contributed by atoms with van der Waals surface area (Å²) in [4.78, 5) is 22.3. The molecule has 3 atom stereocenters. The van der Waals surface area contributed by atoms with Crippen molar-refractivity contribution < 1.29 is 22.7 Å². The van der Waals surface area contributed by atoms with Crippen molar-refractivity contribution in [2.24, 2.45) is 5.92 Å². The van der Waals surface area contributed by atoms with Gasteiger partial charge in [-0.05, 0) is 44.4 Å². The van der Waals surface area contributed by atoms with Crippen LogP contribution in [0.5, 0.6) is 0 Å². The van der Waals surface area contributed by atoms with Crippen molar-refractivity contribution in [2.45, 2.75) is 38.1 Å². The minimum atomic E-state index is -4.52. The molecule has 2 aromatic heterocycles. The van der Waals surface area contributed by atoms with E-state index in [1.807, 2.05) is 4.90 Å². The number of halogens is 3. The van der Waals surface area contributed by atoms with Crippen LogP contribution < -0.4 is 15.5 Å². The molecular formula is C21H22F3N5O2. The molecule has 5 rings (SSSR count). The molecule has 0 bridgehead atoms. The quantitative estimate of drug-likeness (QED) is 0.746. The van der Waals surface area contributed by atoms with Gasteiger partial charge in [-0.15, -0.1) is 0 Å². The Balaban J connectivity index is 1.61. The number of alkyl halides is 3. The van der Waals surface area contributed by atoms with Gasteiger partial charge in [0.25, 0.3) is 0 Å². The van der Waals surface area contributed by atoms with Gasteiger partial charge in [-0.3, -0.25) is 5.32 Å². The maximum Gasteiger partial charge on any atom is 0.416 e. The molecule has 10 heteroatoms. The Morgan fingerprint density at radius 2 is 2.13 bits per heavy atom. The van der Waals surface area contributed by atoms with Crippen LogP contribution in [0.25, 0.3) is 11.3 Å². The molecule has 0 radical (unpaired) electrons. The first-order chi connectivity index (χ1) is 14.6. The highest BCUT2D eigenvalue weighted by molar-refractivity contribution is 5.89. The molecule has 2 N–H and O–H groups in total. The highest BCUT2D eigenvalue weighted by Gasteiger charge is 2.46. The third-order valence-electron chi connectivity index (χ3n) is 6.56. The van der Waals surface area contributed by atoms with E-state index < -0.39 is 23.9 Å². The lowest BCUT2D eigenvalue weighted by molar-refractivity contribution is -0.137. The molecule has 0 aromatic carbocycles. The average Bonchev–Trinajstić information content (AvgIpc) is 2.69. The minimum absolute atomic E-state index is 0.114. The van der Waals surface area contributed by atoms with E-state index in [4.69, 9.17) is 4.74 Å². The fourth-order valence-electron chi connectivity index (χ4n) is 4.72. The number of carbonyl (C=O) groups is 1. The number of anilines is 2. The maximum atomic E-state index is 13.8. The van der Waals surface area contributed by atoms with Crippen LogP contribution in [-0.4, -0.2) is 41.2 Å². The number of fused-ring (bicyclic) bond motifs is 2. The molecule has 3 aliphatic rings. The van der Waals surface area contributed by atoms with E-state index in [-0.39, 0.29) is 22.9 Å². The van der Waals surface area contributed by atoms with E-state index in [9.17, 15) is 18.0 Å². The van der Waals surface area contributed by atoms with E-state index in [0.717, 1.165) is 25.1 Å². The van der Waals surface area contributed by atoms with Gasteiger partial charge in [-0.2, -0.15) is 13.2 Å². The summed E-state index contributed by atoms with van der Waals surface area (Å²) in [6, 6.07) is 3.75. The van der Waals surface area contributed by atoms with Crippen LogP contribution in [-0.2, 0) is 10.9 Å². The topological polar surface area (TPSA) is 79.4 Å². The number of nitrogens with one attached hydrogen (secondary N) is 2. The Morgan fingerprint density at radius 1 is 1.32 bits per heavy atom. The normalized spacial score (nSPS) is 27.5. The van der Waals surface area contributed by atoms with Gasteiger partial charge in [0, 0.05) is 42.5 Å². The Hall–Kier alpha value is -2.88. The third kappa shape index (κ3) is 3.38. The van der Waals surface area contributed by atoms with E-state index in [0.29, 0.717) is 30.1 Å². The summed E-state index contributed by atoms with van der Waals surface area (Å²) in [5.74, 6) is 1.09. The molecule has 2 fully saturated rings. The zero-order chi connectivity index (χ0) is 22.0. The molecule has 0 spiro atoms. The molecule has 1 unspecified atom stereocenters. The molecule has 3 aliphatic heterocycles. The first-order valence-corrected chi connectivity index (χ1v) is 10.2. The molecule has 0 saturated carbocycles. The highest BCUT2D eigenvalue weighted by atomic mass is 19.4. The van der Waals surface area contributed by atoms with Gasteiger partial charge in [-0.25, -0.2) is 14.8 Å². The SMILES string of the molecule is C[C@@H]1OC(=O)Nc2nccc(-c3cc(C(F)(F)F)cc(N4CCC5CN[C@]5(C)C4)n3)c21. The smallest absolute Gasteiger partial charge is 0.416 e. The van der Waals surface area contributed by atoms with E-state index in [2.05, 4.69) is 27.5 Å². The second-order valence-corrected chi connectivity index (χ2v) is 8.60. The second-order valence-electron chi connectivity index (χ2n) is 8.60. The van der Waals surface area contributed by atoms with Gasteiger partial charge < -0.3 is 15.0 Å². The third-order valence-corrected chi connectivity index (χ3v) is 6.56. The number of ether oxygens (including phenoxy) is 1. The summed E-state index contributed by atoms with van der Waals surface area (Å²) >= 11 is 0. The number of cyclic esters (lactones) is 1. The Bertz CT molecular complexity index is 1060. The minimum Gasteiger partial charge on any atom is -0.441 e. The van der Waals surface area contributed by atoms with Crippen LogP contribution in [0.15, 0.2) is 24.4 Å². The lowest BCUT2D eigenvalue weighted by atomic mass is 9.73. The summed E-state index contributed by atoms with van der Waals surface area (Å²) < 4.78 is 46.5. The first-order valence-electron chi connectivity index (χ1n) is 10.2. The van der Waals surface area contributed by atoms with Gasteiger partial charge in [0.05, 0.1) is 11.3 Å². The first kappa shape index (κ1) is 20.0. The van der Waals surface area contributed by atoms with Gasteiger partial charge in [0.15, 0.2) is 0 Å². The lowest BCUT2D eigenvalue weighted by Crippen LogP contribution is -2.71. The van der Waals surface area contributed by atoms with Crippen LogP contribution in [0.3, 0.4) is 0 Å².